The number of ether oxygens (including phenoxy) is 1. The van der Waals surface area contributed by atoms with E-state index in [4.69, 9.17) is 16.3 Å². The summed E-state index contributed by atoms with van der Waals surface area (Å²) < 4.78 is 7.21. The van der Waals surface area contributed by atoms with Gasteiger partial charge < -0.3 is 10.1 Å². The maximum absolute atomic E-state index is 6.16. The minimum atomic E-state index is 0.643. The lowest BCUT2D eigenvalue weighted by Crippen LogP contribution is -2.01. The molecule has 0 bridgehead atoms. The van der Waals surface area contributed by atoms with Crippen molar-refractivity contribution in [3.8, 4) is 5.75 Å². The molecule has 2 aromatic carbocycles. The van der Waals surface area contributed by atoms with Crippen LogP contribution in [0.15, 0.2) is 45.3 Å². The van der Waals surface area contributed by atoms with Crippen LogP contribution in [0.1, 0.15) is 5.56 Å². The molecule has 0 aliphatic heterocycles. The zero-order chi connectivity index (χ0) is 13.8. The summed E-state index contributed by atoms with van der Waals surface area (Å²) in [6.07, 6.45) is 0. The molecule has 0 aliphatic rings. The Labute approximate surface area is 134 Å². The summed E-state index contributed by atoms with van der Waals surface area (Å²) in [5.41, 5.74) is 2.00. The number of hydrogen-bond acceptors (Lipinski definition) is 2. The van der Waals surface area contributed by atoms with E-state index >= 15 is 0 Å². The normalized spacial score (nSPS) is 10.3. The third-order valence-corrected chi connectivity index (χ3v) is 4.20. The van der Waals surface area contributed by atoms with Gasteiger partial charge in [-0.05, 0) is 51.8 Å². The Hall–Kier alpha value is -0.710. The Morgan fingerprint density at radius 2 is 1.95 bits per heavy atom. The summed E-state index contributed by atoms with van der Waals surface area (Å²) in [6.45, 7) is 0.643. The number of rotatable bonds is 4. The van der Waals surface area contributed by atoms with Gasteiger partial charge in [0, 0.05) is 26.6 Å². The second kappa shape index (κ2) is 6.64. The molecular weight excluding hydrogens is 393 g/mol. The maximum Gasteiger partial charge on any atom is 0.121 e. The van der Waals surface area contributed by atoms with Gasteiger partial charge in [0.1, 0.15) is 5.75 Å². The van der Waals surface area contributed by atoms with Crippen molar-refractivity contribution in [1.29, 1.82) is 0 Å². The molecule has 1 N–H and O–H groups in total. The molecule has 0 atom stereocenters. The first-order chi connectivity index (χ1) is 9.10. The van der Waals surface area contributed by atoms with Gasteiger partial charge in [-0.25, -0.2) is 0 Å². The zero-order valence-electron chi connectivity index (χ0n) is 10.2. The van der Waals surface area contributed by atoms with Crippen LogP contribution in [0.5, 0.6) is 5.75 Å². The molecule has 100 valence electrons. The number of hydrogen-bond donors (Lipinski definition) is 1. The van der Waals surface area contributed by atoms with E-state index in [1.165, 1.54) is 0 Å². The molecule has 0 unspecified atom stereocenters. The Morgan fingerprint density at radius 3 is 2.68 bits per heavy atom. The smallest absolute Gasteiger partial charge is 0.121 e. The molecule has 0 amide bonds. The Balaban J connectivity index is 2.16. The van der Waals surface area contributed by atoms with Crippen LogP contribution in [0.4, 0.5) is 5.69 Å². The molecule has 2 rings (SSSR count). The monoisotopic (exact) mass is 403 g/mol. The fourth-order valence-corrected chi connectivity index (χ4v) is 2.62. The summed E-state index contributed by atoms with van der Waals surface area (Å²) in [5, 5.41) is 4.08. The quantitative estimate of drug-likeness (QED) is 0.727. The Kier molecular flexibility index (Phi) is 5.13. The molecule has 0 saturated heterocycles. The van der Waals surface area contributed by atoms with Crippen LogP contribution in [0.3, 0.4) is 0 Å². The highest BCUT2D eigenvalue weighted by Gasteiger charge is 2.05. The first kappa shape index (κ1) is 14.7. The molecule has 0 heterocycles. The van der Waals surface area contributed by atoms with E-state index in [9.17, 15) is 0 Å². The first-order valence-corrected chi connectivity index (χ1v) is 7.58. The lowest BCUT2D eigenvalue weighted by Gasteiger charge is -2.11. The first-order valence-electron chi connectivity index (χ1n) is 5.61. The van der Waals surface area contributed by atoms with Crippen LogP contribution < -0.4 is 10.1 Å². The van der Waals surface area contributed by atoms with Gasteiger partial charge in [-0.1, -0.05) is 27.5 Å². The third-order valence-electron chi connectivity index (χ3n) is 2.65. The van der Waals surface area contributed by atoms with E-state index in [1.807, 2.05) is 36.4 Å². The Morgan fingerprint density at radius 1 is 1.16 bits per heavy atom. The van der Waals surface area contributed by atoms with E-state index in [-0.39, 0.29) is 0 Å². The van der Waals surface area contributed by atoms with E-state index in [0.717, 1.165) is 31.0 Å². The van der Waals surface area contributed by atoms with Crippen molar-refractivity contribution in [3.63, 3.8) is 0 Å². The van der Waals surface area contributed by atoms with Crippen molar-refractivity contribution in [2.75, 3.05) is 12.4 Å². The molecule has 0 aliphatic carbocycles. The summed E-state index contributed by atoms with van der Waals surface area (Å²) >= 11 is 13.1. The van der Waals surface area contributed by atoms with E-state index in [2.05, 4.69) is 37.2 Å². The molecule has 0 fully saturated rings. The Bertz CT molecular complexity index is 590. The maximum atomic E-state index is 6.16. The van der Waals surface area contributed by atoms with E-state index in [1.54, 1.807) is 7.11 Å². The van der Waals surface area contributed by atoms with Crippen LogP contribution in [0.25, 0.3) is 0 Å². The van der Waals surface area contributed by atoms with Gasteiger partial charge in [0.2, 0.25) is 0 Å². The average molecular weight is 406 g/mol. The highest BCUT2D eigenvalue weighted by molar-refractivity contribution is 9.10. The highest BCUT2D eigenvalue weighted by atomic mass is 79.9. The van der Waals surface area contributed by atoms with Crippen molar-refractivity contribution < 1.29 is 4.74 Å². The molecule has 5 heteroatoms. The van der Waals surface area contributed by atoms with Gasteiger partial charge in [-0.15, -0.1) is 0 Å². The molecule has 19 heavy (non-hydrogen) atoms. The molecule has 0 aromatic heterocycles. The summed E-state index contributed by atoms with van der Waals surface area (Å²) in [4.78, 5) is 0. The topological polar surface area (TPSA) is 21.3 Å². The molecule has 2 aromatic rings. The summed E-state index contributed by atoms with van der Waals surface area (Å²) in [5.74, 6) is 0.811. The van der Waals surface area contributed by atoms with Crippen molar-refractivity contribution in [2.45, 2.75) is 6.54 Å². The molecule has 0 saturated carbocycles. The standard InChI is InChI=1S/C14H12Br2ClNO/c1-19-11-3-4-12(16)14(7-11)18-8-9-6-10(15)2-5-13(9)17/h2-7,18H,8H2,1H3. The van der Waals surface area contributed by atoms with Crippen molar-refractivity contribution >= 4 is 49.1 Å². The number of anilines is 1. The van der Waals surface area contributed by atoms with Crippen LogP contribution in [0, 0.1) is 0 Å². The minimum absolute atomic E-state index is 0.643. The third kappa shape index (κ3) is 3.88. The second-order valence-electron chi connectivity index (χ2n) is 3.94. The van der Waals surface area contributed by atoms with Crippen molar-refractivity contribution in [2.24, 2.45) is 0 Å². The number of halogens is 3. The summed E-state index contributed by atoms with van der Waals surface area (Å²) in [7, 11) is 1.65. The SMILES string of the molecule is COc1ccc(Br)c(NCc2cc(Br)ccc2Cl)c1. The van der Waals surface area contributed by atoms with Crippen LogP contribution >= 0.6 is 43.5 Å². The predicted octanol–water partition coefficient (Wildman–Crippen LogP) is 5.49. The van der Waals surface area contributed by atoms with E-state index < -0.39 is 0 Å². The fraction of sp³-hybridized carbons (Fsp3) is 0.143. The minimum Gasteiger partial charge on any atom is -0.497 e. The van der Waals surface area contributed by atoms with Crippen molar-refractivity contribution in [1.82, 2.24) is 0 Å². The largest absolute Gasteiger partial charge is 0.497 e. The van der Waals surface area contributed by atoms with Gasteiger partial charge in [-0.2, -0.15) is 0 Å². The lowest BCUT2D eigenvalue weighted by atomic mass is 10.2. The highest BCUT2D eigenvalue weighted by Crippen LogP contribution is 2.28. The van der Waals surface area contributed by atoms with Gasteiger partial charge in [0.15, 0.2) is 0 Å². The van der Waals surface area contributed by atoms with Gasteiger partial charge in [0.25, 0.3) is 0 Å². The second-order valence-corrected chi connectivity index (χ2v) is 6.11. The molecule has 0 spiro atoms. The predicted molar refractivity (Wildman–Crippen MR) is 87.2 cm³/mol. The van der Waals surface area contributed by atoms with Crippen LogP contribution in [0.2, 0.25) is 5.02 Å². The van der Waals surface area contributed by atoms with Gasteiger partial charge >= 0.3 is 0 Å². The molecular formula is C14H12Br2ClNO. The van der Waals surface area contributed by atoms with Crippen LogP contribution in [-0.2, 0) is 6.54 Å². The lowest BCUT2D eigenvalue weighted by molar-refractivity contribution is 0.415. The average Bonchev–Trinajstić information content (AvgIpc) is 2.41. The van der Waals surface area contributed by atoms with Gasteiger partial charge in [-0.3, -0.25) is 0 Å². The number of methoxy groups -OCH3 is 1. The number of nitrogens with one attached hydrogen (secondary N) is 1. The molecule has 2 nitrogen and oxygen atoms in total. The molecule has 0 radical (unpaired) electrons. The van der Waals surface area contributed by atoms with E-state index in [0.29, 0.717) is 6.54 Å². The van der Waals surface area contributed by atoms with Crippen molar-refractivity contribution in [3.05, 3.63) is 55.9 Å². The fourth-order valence-electron chi connectivity index (χ4n) is 1.64. The van der Waals surface area contributed by atoms with Gasteiger partial charge in [0.05, 0.1) is 12.8 Å². The zero-order valence-corrected chi connectivity index (χ0v) is 14.1. The number of benzene rings is 2. The van der Waals surface area contributed by atoms with Crippen LogP contribution in [-0.4, -0.2) is 7.11 Å². The summed E-state index contributed by atoms with van der Waals surface area (Å²) in [6, 6.07) is 11.6.